The van der Waals surface area contributed by atoms with Crippen LogP contribution in [0.1, 0.15) is 22.5 Å². The lowest BCUT2D eigenvalue weighted by Gasteiger charge is -2.35. The minimum absolute atomic E-state index is 0.154. The van der Waals surface area contributed by atoms with Gasteiger partial charge >= 0.3 is 0 Å². The van der Waals surface area contributed by atoms with E-state index < -0.39 is 0 Å². The van der Waals surface area contributed by atoms with E-state index >= 15 is 0 Å². The van der Waals surface area contributed by atoms with Gasteiger partial charge < -0.3 is 15.5 Å². The van der Waals surface area contributed by atoms with E-state index in [1.807, 2.05) is 29.2 Å². The molecule has 1 saturated heterocycles. The van der Waals surface area contributed by atoms with E-state index in [2.05, 4.69) is 19.0 Å². The normalized spacial score (nSPS) is 19.4. The predicted molar refractivity (Wildman–Crippen MR) is 88.8 cm³/mol. The number of anilines is 1. The van der Waals surface area contributed by atoms with Gasteiger partial charge in [-0.25, -0.2) is 0 Å². The maximum Gasteiger partial charge on any atom is 0.264 e. The molecular formula is C16H21N3OS. The van der Waals surface area contributed by atoms with Crippen LogP contribution < -0.4 is 5.73 Å². The smallest absolute Gasteiger partial charge is 0.264 e. The summed E-state index contributed by atoms with van der Waals surface area (Å²) in [4.78, 5) is 17.7. The zero-order chi connectivity index (χ0) is 15.0. The number of carbonyl (C=O) groups is 1. The molecule has 2 heterocycles. The Kier molecular flexibility index (Phi) is 3.87. The van der Waals surface area contributed by atoms with E-state index in [-0.39, 0.29) is 5.91 Å². The highest BCUT2D eigenvalue weighted by atomic mass is 32.1. The molecule has 1 fully saturated rings. The summed E-state index contributed by atoms with van der Waals surface area (Å²) in [5.74, 6) is 0.154. The molecule has 0 bridgehead atoms. The molecule has 1 unspecified atom stereocenters. The summed E-state index contributed by atoms with van der Waals surface area (Å²) >= 11 is 1.56. The van der Waals surface area contributed by atoms with Crippen molar-refractivity contribution >= 4 is 33.0 Å². The number of nitrogens with two attached hydrogens (primary N) is 1. The molecule has 3 rings (SSSR count). The van der Waals surface area contributed by atoms with Crippen molar-refractivity contribution in [3.8, 4) is 0 Å². The number of nitrogens with zero attached hydrogens (tertiary/aromatic N) is 2. The van der Waals surface area contributed by atoms with Crippen molar-refractivity contribution in [1.29, 1.82) is 0 Å². The number of piperidine rings is 1. The summed E-state index contributed by atoms with van der Waals surface area (Å²) in [6.45, 7) is 1.68. The fraction of sp³-hybridized carbons (Fsp3) is 0.438. The number of carbonyl (C=O) groups excluding carboxylic acids is 1. The first-order valence-electron chi connectivity index (χ1n) is 7.29. The molecule has 2 N–H and O–H groups in total. The van der Waals surface area contributed by atoms with Gasteiger partial charge in [0.05, 0.1) is 4.88 Å². The lowest BCUT2D eigenvalue weighted by atomic mass is 10.0. The Bertz CT molecular complexity index is 665. The zero-order valence-corrected chi connectivity index (χ0v) is 13.3. The maximum atomic E-state index is 12.7. The molecule has 112 valence electrons. The van der Waals surface area contributed by atoms with Crippen LogP contribution in [0.25, 0.3) is 10.1 Å². The van der Waals surface area contributed by atoms with Crippen LogP contribution in [0.3, 0.4) is 0 Å². The third-order valence-corrected chi connectivity index (χ3v) is 5.27. The molecule has 21 heavy (non-hydrogen) atoms. The largest absolute Gasteiger partial charge is 0.399 e. The quantitative estimate of drug-likeness (QED) is 0.868. The number of likely N-dealkylation sites (N-methyl/N-ethyl adjacent to an activating group) is 1. The van der Waals surface area contributed by atoms with E-state index in [0.717, 1.165) is 40.2 Å². The Morgan fingerprint density at radius 1 is 1.38 bits per heavy atom. The lowest BCUT2D eigenvalue weighted by Crippen LogP contribution is -2.47. The number of thiophene rings is 1. The van der Waals surface area contributed by atoms with Crippen molar-refractivity contribution in [2.45, 2.75) is 18.9 Å². The molecule has 0 aliphatic carbocycles. The van der Waals surface area contributed by atoms with Gasteiger partial charge in [-0.1, -0.05) is 0 Å². The summed E-state index contributed by atoms with van der Waals surface area (Å²) < 4.78 is 1.12. The van der Waals surface area contributed by atoms with Crippen LogP contribution in [-0.4, -0.2) is 48.9 Å². The van der Waals surface area contributed by atoms with Crippen LogP contribution in [-0.2, 0) is 0 Å². The van der Waals surface area contributed by atoms with Crippen LogP contribution in [0.4, 0.5) is 5.69 Å². The fourth-order valence-corrected chi connectivity index (χ4v) is 3.89. The summed E-state index contributed by atoms with van der Waals surface area (Å²) in [5, 5.41) is 1.06. The second kappa shape index (κ2) is 5.66. The molecule has 1 aromatic carbocycles. The minimum atomic E-state index is 0.154. The van der Waals surface area contributed by atoms with Crippen molar-refractivity contribution in [3.05, 3.63) is 29.1 Å². The summed E-state index contributed by atoms with van der Waals surface area (Å²) in [6.07, 6.45) is 2.24. The van der Waals surface area contributed by atoms with Crippen LogP contribution in [0.2, 0.25) is 0 Å². The predicted octanol–water partition coefficient (Wildman–Crippen LogP) is 2.65. The third-order valence-electron chi connectivity index (χ3n) is 4.17. The molecule has 0 radical (unpaired) electrons. The highest BCUT2D eigenvalue weighted by Gasteiger charge is 2.26. The molecule has 1 aliphatic rings. The fourth-order valence-electron chi connectivity index (χ4n) is 2.88. The van der Waals surface area contributed by atoms with Gasteiger partial charge in [-0.2, -0.15) is 0 Å². The zero-order valence-electron chi connectivity index (χ0n) is 12.5. The van der Waals surface area contributed by atoms with Gasteiger partial charge in [0.25, 0.3) is 5.91 Å². The Labute approximate surface area is 129 Å². The first kappa shape index (κ1) is 14.4. The van der Waals surface area contributed by atoms with Gasteiger partial charge in [0.2, 0.25) is 0 Å². The van der Waals surface area contributed by atoms with Gasteiger partial charge in [0, 0.05) is 29.5 Å². The molecule has 0 spiro atoms. The van der Waals surface area contributed by atoms with Gasteiger partial charge in [-0.05, 0) is 56.6 Å². The van der Waals surface area contributed by atoms with E-state index in [4.69, 9.17) is 5.73 Å². The molecular weight excluding hydrogens is 282 g/mol. The second-order valence-corrected chi connectivity index (χ2v) is 7.00. The van der Waals surface area contributed by atoms with Crippen LogP contribution in [0.15, 0.2) is 24.3 Å². The lowest BCUT2D eigenvalue weighted by molar-refractivity contribution is 0.0640. The average Bonchev–Trinajstić information content (AvgIpc) is 2.89. The number of benzene rings is 1. The monoisotopic (exact) mass is 303 g/mol. The maximum absolute atomic E-state index is 12.7. The molecule has 0 saturated carbocycles. The number of nitrogen functional groups attached to an aromatic ring is 1. The Morgan fingerprint density at radius 3 is 2.95 bits per heavy atom. The molecule has 1 aromatic heterocycles. The van der Waals surface area contributed by atoms with E-state index in [9.17, 15) is 4.79 Å². The first-order chi connectivity index (χ1) is 10.0. The number of amides is 1. The highest BCUT2D eigenvalue weighted by Crippen LogP contribution is 2.29. The van der Waals surface area contributed by atoms with Crippen LogP contribution >= 0.6 is 11.3 Å². The van der Waals surface area contributed by atoms with Gasteiger partial charge in [0.1, 0.15) is 0 Å². The number of rotatable bonds is 2. The van der Waals surface area contributed by atoms with Crippen LogP contribution in [0.5, 0.6) is 0 Å². The molecule has 1 atom stereocenters. The second-order valence-electron chi connectivity index (χ2n) is 5.92. The number of fused-ring (bicyclic) bond motifs is 1. The molecule has 5 heteroatoms. The highest BCUT2D eigenvalue weighted by molar-refractivity contribution is 7.20. The summed E-state index contributed by atoms with van der Waals surface area (Å²) in [7, 11) is 4.17. The SMILES string of the molecule is CN(C)C1CCCN(C(=O)c2cc3cc(N)ccc3s2)C1. The van der Waals surface area contributed by atoms with Crippen molar-refractivity contribution in [2.24, 2.45) is 0 Å². The Morgan fingerprint density at radius 2 is 2.19 bits per heavy atom. The Balaban J connectivity index is 1.82. The van der Waals surface area contributed by atoms with Gasteiger partial charge in [-0.15, -0.1) is 11.3 Å². The number of hydrogen-bond donors (Lipinski definition) is 1. The van der Waals surface area contributed by atoms with E-state index in [1.54, 1.807) is 11.3 Å². The van der Waals surface area contributed by atoms with Gasteiger partial charge in [-0.3, -0.25) is 4.79 Å². The van der Waals surface area contributed by atoms with Crippen molar-refractivity contribution in [3.63, 3.8) is 0 Å². The van der Waals surface area contributed by atoms with Crippen molar-refractivity contribution < 1.29 is 4.79 Å². The van der Waals surface area contributed by atoms with E-state index in [0.29, 0.717) is 6.04 Å². The van der Waals surface area contributed by atoms with Crippen molar-refractivity contribution in [2.75, 3.05) is 32.9 Å². The number of likely N-dealkylation sites (tertiary alicyclic amines) is 1. The molecule has 2 aromatic rings. The van der Waals surface area contributed by atoms with Gasteiger partial charge in [0.15, 0.2) is 0 Å². The van der Waals surface area contributed by atoms with Crippen LogP contribution in [0, 0.1) is 0 Å². The molecule has 4 nitrogen and oxygen atoms in total. The summed E-state index contributed by atoms with van der Waals surface area (Å²) in [6, 6.07) is 8.24. The topological polar surface area (TPSA) is 49.6 Å². The van der Waals surface area contributed by atoms with Crippen molar-refractivity contribution in [1.82, 2.24) is 9.80 Å². The third kappa shape index (κ3) is 2.89. The molecule has 1 amide bonds. The standard InChI is InChI=1S/C16H21N3OS/c1-18(2)13-4-3-7-19(10-13)16(20)15-9-11-8-12(17)5-6-14(11)21-15/h5-6,8-9,13H,3-4,7,10,17H2,1-2H3. The number of hydrogen-bond acceptors (Lipinski definition) is 4. The average molecular weight is 303 g/mol. The summed E-state index contributed by atoms with van der Waals surface area (Å²) in [5.41, 5.74) is 6.55. The first-order valence-corrected chi connectivity index (χ1v) is 8.11. The molecule has 1 aliphatic heterocycles. The van der Waals surface area contributed by atoms with E-state index in [1.165, 1.54) is 6.42 Å². The Hall–Kier alpha value is -1.59. The minimum Gasteiger partial charge on any atom is -0.399 e.